The molecule has 0 N–H and O–H groups in total. The van der Waals surface area contributed by atoms with Gasteiger partial charge < -0.3 is 4.40 Å². The molecule has 0 saturated heterocycles. The monoisotopic (exact) mass is 255 g/mol. The fourth-order valence-electron chi connectivity index (χ4n) is 1.89. The summed E-state index contributed by atoms with van der Waals surface area (Å²) in [6, 6.07) is 2.09. The molecule has 3 aromatic heterocycles. The highest BCUT2D eigenvalue weighted by Crippen LogP contribution is 2.16. The highest BCUT2D eigenvalue weighted by atomic mass is 32.1. The third kappa shape index (κ3) is 1.84. The topological polar surface area (TPSA) is 30.2 Å². The van der Waals surface area contributed by atoms with E-state index in [0.717, 1.165) is 22.7 Å². The standard InChI is InChI=1S/C14H13N3S/c1-10-11(2)17-7-6-15-13(14(17)16-10)4-3-12-5-8-18-9-12/h3-9H,1-2H3. The Kier molecular flexibility index (Phi) is 2.72. The van der Waals surface area contributed by atoms with Gasteiger partial charge in [-0.2, -0.15) is 11.3 Å². The molecule has 0 spiro atoms. The molecule has 0 aromatic carbocycles. The number of thiophene rings is 1. The van der Waals surface area contributed by atoms with E-state index in [0.29, 0.717) is 0 Å². The predicted octanol–water partition coefficient (Wildman–Crippen LogP) is 3.58. The molecule has 0 fully saturated rings. The smallest absolute Gasteiger partial charge is 0.163 e. The van der Waals surface area contributed by atoms with E-state index in [1.165, 1.54) is 5.56 Å². The van der Waals surface area contributed by atoms with Gasteiger partial charge in [0.15, 0.2) is 5.65 Å². The van der Waals surface area contributed by atoms with E-state index in [1.54, 1.807) is 11.3 Å². The number of rotatable bonds is 2. The summed E-state index contributed by atoms with van der Waals surface area (Å²) in [5.41, 5.74) is 5.23. The number of imidazole rings is 1. The lowest BCUT2D eigenvalue weighted by atomic mass is 10.3. The van der Waals surface area contributed by atoms with Gasteiger partial charge in [0.1, 0.15) is 5.69 Å². The van der Waals surface area contributed by atoms with Crippen LogP contribution in [0.1, 0.15) is 22.6 Å². The SMILES string of the molecule is Cc1nc2c(C=Cc3ccsc3)nccn2c1C. The first-order valence-electron chi connectivity index (χ1n) is 5.76. The van der Waals surface area contributed by atoms with Crippen LogP contribution in [0, 0.1) is 13.8 Å². The minimum Gasteiger partial charge on any atom is -0.301 e. The van der Waals surface area contributed by atoms with Crippen LogP contribution in [0.15, 0.2) is 29.2 Å². The lowest BCUT2D eigenvalue weighted by Gasteiger charge is -1.98. The van der Waals surface area contributed by atoms with Crippen LogP contribution in [0.4, 0.5) is 0 Å². The van der Waals surface area contributed by atoms with Gasteiger partial charge in [0, 0.05) is 18.1 Å². The Hall–Kier alpha value is -1.94. The van der Waals surface area contributed by atoms with E-state index in [1.807, 2.05) is 25.4 Å². The molecule has 0 unspecified atom stereocenters. The second-order valence-electron chi connectivity index (χ2n) is 4.18. The highest BCUT2D eigenvalue weighted by molar-refractivity contribution is 7.08. The van der Waals surface area contributed by atoms with Gasteiger partial charge in [-0.15, -0.1) is 0 Å². The van der Waals surface area contributed by atoms with Gasteiger partial charge in [0.05, 0.1) is 5.69 Å². The maximum atomic E-state index is 4.56. The molecule has 3 heterocycles. The third-order valence-corrected chi connectivity index (χ3v) is 3.72. The summed E-state index contributed by atoms with van der Waals surface area (Å²) in [7, 11) is 0. The molecule has 4 heteroatoms. The fourth-order valence-corrected chi connectivity index (χ4v) is 2.52. The average Bonchev–Trinajstić information content (AvgIpc) is 2.98. The van der Waals surface area contributed by atoms with E-state index < -0.39 is 0 Å². The van der Waals surface area contributed by atoms with Crippen molar-refractivity contribution in [3.8, 4) is 0 Å². The highest BCUT2D eigenvalue weighted by Gasteiger charge is 2.07. The zero-order chi connectivity index (χ0) is 12.5. The van der Waals surface area contributed by atoms with Gasteiger partial charge in [-0.25, -0.2) is 4.98 Å². The van der Waals surface area contributed by atoms with Crippen LogP contribution in [0.3, 0.4) is 0 Å². The van der Waals surface area contributed by atoms with E-state index in [-0.39, 0.29) is 0 Å². The first-order valence-corrected chi connectivity index (χ1v) is 6.70. The molecule has 3 rings (SSSR count). The zero-order valence-electron chi connectivity index (χ0n) is 10.3. The van der Waals surface area contributed by atoms with Crippen LogP contribution in [-0.2, 0) is 0 Å². The van der Waals surface area contributed by atoms with E-state index in [4.69, 9.17) is 0 Å². The fraction of sp³-hybridized carbons (Fsp3) is 0.143. The Morgan fingerprint density at radius 1 is 1.28 bits per heavy atom. The summed E-state index contributed by atoms with van der Waals surface area (Å²) in [4.78, 5) is 8.96. The average molecular weight is 255 g/mol. The number of aryl methyl sites for hydroxylation is 2. The van der Waals surface area contributed by atoms with Gasteiger partial charge in [-0.1, -0.05) is 6.08 Å². The Morgan fingerprint density at radius 3 is 2.94 bits per heavy atom. The van der Waals surface area contributed by atoms with Crippen molar-refractivity contribution in [3.05, 3.63) is 51.9 Å². The second-order valence-corrected chi connectivity index (χ2v) is 4.96. The summed E-state index contributed by atoms with van der Waals surface area (Å²) in [5.74, 6) is 0. The summed E-state index contributed by atoms with van der Waals surface area (Å²) in [6.45, 7) is 4.09. The molecule has 0 radical (unpaired) electrons. The Labute approximate surface area is 109 Å². The van der Waals surface area contributed by atoms with Crippen molar-refractivity contribution in [2.24, 2.45) is 0 Å². The quantitative estimate of drug-likeness (QED) is 0.700. The van der Waals surface area contributed by atoms with E-state index >= 15 is 0 Å². The molecule has 0 saturated carbocycles. The predicted molar refractivity (Wildman–Crippen MR) is 75.7 cm³/mol. The Balaban J connectivity index is 2.10. The lowest BCUT2D eigenvalue weighted by Crippen LogP contribution is -1.92. The Bertz CT molecular complexity index is 708. The molecule has 3 aromatic rings. The lowest BCUT2D eigenvalue weighted by molar-refractivity contribution is 1.06. The first kappa shape index (κ1) is 11.2. The molecule has 0 aliphatic carbocycles. The summed E-state index contributed by atoms with van der Waals surface area (Å²) in [5, 5.41) is 4.18. The molecule has 0 amide bonds. The number of fused-ring (bicyclic) bond motifs is 1. The molecule has 18 heavy (non-hydrogen) atoms. The van der Waals surface area contributed by atoms with Crippen LogP contribution in [0.2, 0.25) is 0 Å². The van der Waals surface area contributed by atoms with Crippen molar-refractivity contribution in [1.29, 1.82) is 0 Å². The van der Waals surface area contributed by atoms with Gasteiger partial charge in [0.25, 0.3) is 0 Å². The number of hydrogen-bond donors (Lipinski definition) is 0. The maximum Gasteiger partial charge on any atom is 0.163 e. The molecule has 0 atom stereocenters. The van der Waals surface area contributed by atoms with Crippen LogP contribution in [-0.4, -0.2) is 14.4 Å². The van der Waals surface area contributed by atoms with Crippen molar-refractivity contribution in [1.82, 2.24) is 14.4 Å². The van der Waals surface area contributed by atoms with Gasteiger partial charge in [-0.05, 0) is 42.3 Å². The minimum atomic E-state index is 0.903. The van der Waals surface area contributed by atoms with Crippen molar-refractivity contribution >= 4 is 29.1 Å². The summed E-state index contributed by atoms with van der Waals surface area (Å²) in [6.07, 6.45) is 7.85. The third-order valence-electron chi connectivity index (χ3n) is 3.02. The van der Waals surface area contributed by atoms with Crippen LogP contribution in [0.5, 0.6) is 0 Å². The van der Waals surface area contributed by atoms with Crippen LogP contribution >= 0.6 is 11.3 Å². The normalized spacial score (nSPS) is 11.7. The molecule has 3 nitrogen and oxygen atoms in total. The molecule has 0 aliphatic heterocycles. The van der Waals surface area contributed by atoms with Gasteiger partial charge in [-0.3, -0.25) is 4.98 Å². The van der Waals surface area contributed by atoms with Crippen molar-refractivity contribution < 1.29 is 0 Å². The first-order chi connectivity index (χ1) is 8.75. The molecule has 0 aliphatic rings. The van der Waals surface area contributed by atoms with Crippen LogP contribution in [0.25, 0.3) is 17.8 Å². The summed E-state index contributed by atoms with van der Waals surface area (Å²) >= 11 is 1.69. The minimum absolute atomic E-state index is 0.903. The van der Waals surface area contributed by atoms with Crippen LogP contribution < -0.4 is 0 Å². The molecular weight excluding hydrogens is 242 g/mol. The van der Waals surface area contributed by atoms with Gasteiger partial charge in [0.2, 0.25) is 0 Å². The number of hydrogen-bond acceptors (Lipinski definition) is 3. The zero-order valence-corrected chi connectivity index (χ0v) is 11.1. The van der Waals surface area contributed by atoms with Crippen molar-refractivity contribution in [2.75, 3.05) is 0 Å². The molecule has 90 valence electrons. The Morgan fingerprint density at radius 2 is 2.17 bits per heavy atom. The second kappa shape index (κ2) is 4.38. The van der Waals surface area contributed by atoms with Crippen molar-refractivity contribution in [2.45, 2.75) is 13.8 Å². The summed E-state index contributed by atoms with van der Waals surface area (Å²) < 4.78 is 2.08. The van der Waals surface area contributed by atoms with E-state index in [2.05, 4.69) is 44.2 Å². The van der Waals surface area contributed by atoms with E-state index in [9.17, 15) is 0 Å². The number of nitrogens with zero attached hydrogens (tertiary/aromatic N) is 3. The number of aromatic nitrogens is 3. The van der Waals surface area contributed by atoms with Crippen molar-refractivity contribution in [3.63, 3.8) is 0 Å². The molecular formula is C14H13N3S. The van der Waals surface area contributed by atoms with Gasteiger partial charge >= 0.3 is 0 Å². The molecule has 0 bridgehead atoms. The largest absolute Gasteiger partial charge is 0.301 e. The maximum absolute atomic E-state index is 4.56.